The molecule has 0 unspecified atom stereocenters. The zero-order valence-corrected chi connectivity index (χ0v) is 18.3. The third-order valence-corrected chi connectivity index (χ3v) is 5.78. The lowest BCUT2D eigenvalue weighted by Crippen LogP contribution is -2.40. The van der Waals surface area contributed by atoms with Gasteiger partial charge in [0, 0.05) is 43.5 Å². The molecule has 0 radical (unpaired) electrons. The van der Waals surface area contributed by atoms with Gasteiger partial charge < -0.3 is 25.2 Å². The average molecular weight is 450 g/mol. The summed E-state index contributed by atoms with van der Waals surface area (Å²) < 4.78 is 5.30. The Balaban J connectivity index is 1.45. The molecule has 4 rings (SSSR count). The minimum absolute atomic E-state index is 0.0225. The second kappa shape index (κ2) is 10.3. The van der Waals surface area contributed by atoms with Gasteiger partial charge in [-0.15, -0.1) is 0 Å². The molecule has 1 atom stereocenters. The molecule has 0 aliphatic carbocycles. The van der Waals surface area contributed by atoms with Crippen molar-refractivity contribution in [2.24, 2.45) is 0 Å². The van der Waals surface area contributed by atoms with E-state index in [2.05, 4.69) is 27.1 Å². The van der Waals surface area contributed by atoms with E-state index in [-0.39, 0.29) is 17.9 Å². The average Bonchev–Trinajstić information content (AvgIpc) is 3.33. The lowest BCUT2D eigenvalue weighted by molar-refractivity contribution is -0.117. The van der Waals surface area contributed by atoms with Crippen LogP contribution in [0.1, 0.15) is 27.1 Å². The SMILES string of the molecule is C=CC(=O)N[C@@H]1CCN(c2ccc(C=O)c(Nc3ccc(C(=O)N4CCOCC4)cc3)n2)C1. The van der Waals surface area contributed by atoms with Crippen molar-refractivity contribution < 1.29 is 19.1 Å². The number of carbonyl (C=O) groups excluding carboxylic acids is 3. The number of hydrogen-bond acceptors (Lipinski definition) is 7. The van der Waals surface area contributed by atoms with Crippen molar-refractivity contribution in [2.75, 3.05) is 49.6 Å². The summed E-state index contributed by atoms with van der Waals surface area (Å²) in [7, 11) is 0. The first-order valence-corrected chi connectivity index (χ1v) is 11.0. The van der Waals surface area contributed by atoms with Crippen LogP contribution >= 0.6 is 0 Å². The zero-order valence-electron chi connectivity index (χ0n) is 18.3. The molecule has 2 saturated heterocycles. The van der Waals surface area contributed by atoms with Crippen LogP contribution in [0.2, 0.25) is 0 Å². The van der Waals surface area contributed by atoms with E-state index in [1.54, 1.807) is 41.3 Å². The first-order chi connectivity index (χ1) is 16.1. The zero-order chi connectivity index (χ0) is 23.2. The molecule has 2 N–H and O–H groups in total. The van der Waals surface area contributed by atoms with Crippen molar-refractivity contribution in [3.8, 4) is 0 Å². The molecule has 0 saturated carbocycles. The van der Waals surface area contributed by atoms with E-state index < -0.39 is 0 Å². The fourth-order valence-electron chi connectivity index (χ4n) is 3.96. The van der Waals surface area contributed by atoms with E-state index in [1.165, 1.54) is 6.08 Å². The topological polar surface area (TPSA) is 104 Å². The molecule has 1 aromatic carbocycles. The van der Waals surface area contributed by atoms with Crippen molar-refractivity contribution in [1.82, 2.24) is 15.2 Å². The van der Waals surface area contributed by atoms with Crippen LogP contribution in [-0.2, 0) is 9.53 Å². The first-order valence-electron chi connectivity index (χ1n) is 11.0. The Kier molecular flexibility index (Phi) is 6.99. The Morgan fingerprint density at radius 2 is 1.85 bits per heavy atom. The number of pyridine rings is 1. The van der Waals surface area contributed by atoms with Gasteiger partial charge >= 0.3 is 0 Å². The van der Waals surface area contributed by atoms with Crippen LogP contribution < -0.4 is 15.5 Å². The quantitative estimate of drug-likeness (QED) is 0.492. The first kappa shape index (κ1) is 22.5. The van der Waals surface area contributed by atoms with E-state index in [9.17, 15) is 14.4 Å². The molecule has 2 aliphatic rings. The standard InChI is InChI=1S/C24H27N5O4/c1-2-22(31)25-20-9-10-29(15-20)21-8-5-18(16-30)23(27-21)26-19-6-3-17(4-7-19)24(32)28-11-13-33-14-12-28/h2-8,16,20H,1,9-15H2,(H,25,31)(H,26,27)/t20-/m1/s1. The van der Waals surface area contributed by atoms with Gasteiger partial charge in [0.2, 0.25) is 5.91 Å². The number of nitrogens with one attached hydrogen (secondary N) is 2. The predicted molar refractivity (Wildman–Crippen MR) is 125 cm³/mol. The van der Waals surface area contributed by atoms with Crippen LogP contribution in [-0.4, -0.2) is 73.4 Å². The fraction of sp³-hybridized carbons (Fsp3) is 0.333. The molecule has 2 fully saturated rings. The van der Waals surface area contributed by atoms with Gasteiger partial charge in [0.15, 0.2) is 6.29 Å². The molecule has 2 aromatic rings. The highest BCUT2D eigenvalue weighted by molar-refractivity contribution is 5.95. The fourth-order valence-corrected chi connectivity index (χ4v) is 3.96. The van der Waals surface area contributed by atoms with E-state index in [0.29, 0.717) is 49.8 Å². The summed E-state index contributed by atoms with van der Waals surface area (Å²) >= 11 is 0. The number of aldehydes is 1. The summed E-state index contributed by atoms with van der Waals surface area (Å²) in [6.45, 7) is 7.15. The van der Waals surface area contributed by atoms with Crippen LogP contribution in [0.3, 0.4) is 0 Å². The van der Waals surface area contributed by atoms with E-state index >= 15 is 0 Å². The molecule has 1 aromatic heterocycles. The maximum absolute atomic E-state index is 12.6. The number of rotatable bonds is 7. The molecule has 0 spiro atoms. The lowest BCUT2D eigenvalue weighted by atomic mass is 10.1. The molecule has 172 valence electrons. The molecule has 2 amide bonds. The van der Waals surface area contributed by atoms with Crippen molar-refractivity contribution >= 4 is 35.4 Å². The van der Waals surface area contributed by atoms with Gasteiger partial charge in [0.05, 0.1) is 18.8 Å². The lowest BCUT2D eigenvalue weighted by Gasteiger charge is -2.26. The van der Waals surface area contributed by atoms with Gasteiger partial charge in [0.25, 0.3) is 5.91 Å². The van der Waals surface area contributed by atoms with Crippen molar-refractivity contribution in [3.63, 3.8) is 0 Å². The summed E-state index contributed by atoms with van der Waals surface area (Å²) in [4.78, 5) is 44.3. The van der Waals surface area contributed by atoms with Gasteiger partial charge in [-0.05, 0) is 48.9 Å². The molecule has 2 aliphatic heterocycles. The van der Waals surface area contributed by atoms with E-state index in [1.807, 2.05) is 0 Å². The normalized spacial score (nSPS) is 18.0. The molecular formula is C24H27N5O4. The van der Waals surface area contributed by atoms with Crippen LogP contribution in [0.4, 0.5) is 17.3 Å². The van der Waals surface area contributed by atoms with Gasteiger partial charge in [-0.1, -0.05) is 6.58 Å². The minimum Gasteiger partial charge on any atom is -0.378 e. The highest BCUT2D eigenvalue weighted by atomic mass is 16.5. The molecule has 9 nitrogen and oxygen atoms in total. The summed E-state index contributed by atoms with van der Waals surface area (Å²) in [5, 5.41) is 6.10. The minimum atomic E-state index is -0.191. The maximum atomic E-state index is 12.6. The van der Waals surface area contributed by atoms with E-state index in [4.69, 9.17) is 4.74 Å². The Bertz CT molecular complexity index is 1030. The highest BCUT2D eigenvalue weighted by Crippen LogP contribution is 2.25. The number of ether oxygens (including phenoxy) is 1. The number of hydrogen-bond donors (Lipinski definition) is 2. The molecule has 9 heteroatoms. The number of anilines is 3. The molecule has 0 bridgehead atoms. The van der Waals surface area contributed by atoms with Gasteiger partial charge in [-0.2, -0.15) is 0 Å². The Hall–Kier alpha value is -3.72. The Labute approximate surface area is 192 Å². The molecule has 3 heterocycles. The summed E-state index contributed by atoms with van der Waals surface area (Å²) in [5.41, 5.74) is 1.76. The second-order valence-corrected chi connectivity index (χ2v) is 7.98. The molecule has 33 heavy (non-hydrogen) atoms. The summed E-state index contributed by atoms with van der Waals surface area (Å²) in [5.74, 6) is 0.945. The van der Waals surface area contributed by atoms with Crippen molar-refractivity contribution in [2.45, 2.75) is 12.5 Å². The molecular weight excluding hydrogens is 422 g/mol. The smallest absolute Gasteiger partial charge is 0.254 e. The van der Waals surface area contributed by atoms with Gasteiger partial charge in [-0.25, -0.2) is 4.98 Å². The monoisotopic (exact) mass is 449 g/mol. The van der Waals surface area contributed by atoms with Crippen LogP contribution in [0.5, 0.6) is 0 Å². The van der Waals surface area contributed by atoms with Crippen molar-refractivity contribution in [1.29, 1.82) is 0 Å². The van der Waals surface area contributed by atoms with Crippen molar-refractivity contribution in [3.05, 3.63) is 60.2 Å². The van der Waals surface area contributed by atoms with E-state index in [0.717, 1.165) is 30.8 Å². The number of benzene rings is 1. The van der Waals surface area contributed by atoms with Crippen LogP contribution in [0.15, 0.2) is 49.1 Å². The van der Waals surface area contributed by atoms with Gasteiger partial charge in [0.1, 0.15) is 11.6 Å². The largest absolute Gasteiger partial charge is 0.378 e. The third-order valence-electron chi connectivity index (χ3n) is 5.78. The Morgan fingerprint density at radius 3 is 2.55 bits per heavy atom. The Morgan fingerprint density at radius 1 is 1.09 bits per heavy atom. The number of amides is 2. The van der Waals surface area contributed by atoms with Crippen LogP contribution in [0.25, 0.3) is 0 Å². The second-order valence-electron chi connectivity index (χ2n) is 7.98. The predicted octanol–water partition coefficient (Wildman–Crippen LogP) is 1.99. The number of aromatic nitrogens is 1. The number of carbonyl (C=O) groups is 3. The number of morpholine rings is 1. The third kappa shape index (κ3) is 5.38. The van der Waals surface area contributed by atoms with Crippen LogP contribution in [0, 0.1) is 0 Å². The maximum Gasteiger partial charge on any atom is 0.254 e. The highest BCUT2D eigenvalue weighted by Gasteiger charge is 2.25. The summed E-state index contributed by atoms with van der Waals surface area (Å²) in [6, 6.07) is 10.7. The summed E-state index contributed by atoms with van der Waals surface area (Å²) in [6.07, 6.45) is 2.83. The number of nitrogens with zero attached hydrogens (tertiary/aromatic N) is 3. The van der Waals surface area contributed by atoms with Gasteiger partial charge in [-0.3, -0.25) is 14.4 Å².